The second-order valence-corrected chi connectivity index (χ2v) is 7.21. The summed E-state index contributed by atoms with van der Waals surface area (Å²) in [6.45, 7) is 3.91. The van der Waals surface area contributed by atoms with Crippen LogP contribution in [-0.2, 0) is 12.6 Å². The van der Waals surface area contributed by atoms with E-state index in [0.29, 0.717) is 18.9 Å². The predicted molar refractivity (Wildman–Crippen MR) is 113 cm³/mol. The van der Waals surface area contributed by atoms with Crippen LogP contribution in [0.15, 0.2) is 29.3 Å². The summed E-state index contributed by atoms with van der Waals surface area (Å²) >= 11 is 0. The number of nitrogens with one attached hydrogen (secondary N) is 2. The molecule has 152 valence electrons. The lowest BCUT2D eigenvalue weighted by atomic mass is 10.1. The number of nitrogens with zero attached hydrogens (tertiary/aromatic N) is 2. The molecule has 1 aromatic rings. The highest BCUT2D eigenvalue weighted by atomic mass is 127. The molecule has 1 unspecified atom stereocenters. The quantitative estimate of drug-likeness (QED) is 0.360. The first kappa shape index (κ1) is 22.3. The molecule has 1 saturated heterocycles. The molecule has 1 aliphatic heterocycles. The molecule has 0 aromatic heterocycles. The van der Waals surface area contributed by atoms with E-state index in [1.54, 1.807) is 7.05 Å². The van der Waals surface area contributed by atoms with Gasteiger partial charge in [0.2, 0.25) is 0 Å². The molecule has 1 saturated carbocycles. The van der Waals surface area contributed by atoms with Crippen molar-refractivity contribution in [3.8, 4) is 0 Å². The lowest BCUT2D eigenvalue weighted by Crippen LogP contribution is -2.41. The van der Waals surface area contributed by atoms with Gasteiger partial charge in [0.05, 0.1) is 5.56 Å². The van der Waals surface area contributed by atoms with Crippen molar-refractivity contribution in [2.45, 2.75) is 37.9 Å². The average Bonchev–Trinajstić information content (AvgIpc) is 3.36. The molecule has 4 nitrogen and oxygen atoms in total. The van der Waals surface area contributed by atoms with Crippen LogP contribution in [0.25, 0.3) is 0 Å². The number of alkyl halides is 3. The number of rotatable bonds is 6. The number of aliphatic imine (C=N–C) groups is 1. The monoisotopic (exact) mass is 496 g/mol. The van der Waals surface area contributed by atoms with Crippen LogP contribution in [0, 0.1) is 5.92 Å². The second kappa shape index (κ2) is 9.95. The van der Waals surface area contributed by atoms with Crippen molar-refractivity contribution in [2.24, 2.45) is 10.9 Å². The van der Waals surface area contributed by atoms with Crippen molar-refractivity contribution in [1.29, 1.82) is 0 Å². The van der Waals surface area contributed by atoms with E-state index in [1.807, 2.05) is 0 Å². The molecule has 1 heterocycles. The predicted octanol–water partition coefficient (Wildman–Crippen LogP) is 3.52. The molecule has 2 N–H and O–H groups in total. The molecule has 0 bridgehead atoms. The smallest absolute Gasteiger partial charge is 0.356 e. The summed E-state index contributed by atoms with van der Waals surface area (Å²) in [5.41, 5.74) is 0.264. The number of hydrogen-bond acceptors (Lipinski definition) is 2. The van der Waals surface area contributed by atoms with Crippen molar-refractivity contribution in [1.82, 2.24) is 15.5 Å². The normalized spacial score (nSPS) is 21.0. The first-order chi connectivity index (χ1) is 12.5. The Balaban J connectivity index is 0.00000261. The zero-order valence-electron chi connectivity index (χ0n) is 15.6. The van der Waals surface area contributed by atoms with Crippen LogP contribution < -0.4 is 10.6 Å². The van der Waals surface area contributed by atoms with Crippen molar-refractivity contribution >= 4 is 29.9 Å². The standard InChI is InChI=1S/C19H27F3N4.HI/c1-23-18(25-12-15-9-11-26(13-15)17-6-7-17)24-10-8-14-2-4-16(5-3-14)19(20,21)22;/h2-5,15,17H,6-13H2,1H3,(H2,23,24,25);1H. The van der Waals surface area contributed by atoms with Crippen LogP contribution in [0.3, 0.4) is 0 Å². The molecule has 1 atom stereocenters. The summed E-state index contributed by atoms with van der Waals surface area (Å²) in [6, 6.07) is 6.17. The van der Waals surface area contributed by atoms with Crippen molar-refractivity contribution in [3.63, 3.8) is 0 Å². The highest BCUT2D eigenvalue weighted by molar-refractivity contribution is 14.0. The molecule has 1 aromatic carbocycles. The van der Waals surface area contributed by atoms with E-state index in [4.69, 9.17) is 0 Å². The Hall–Kier alpha value is -1.03. The van der Waals surface area contributed by atoms with Crippen molar-refractivity contribution < 1.29 is 13.2 Å². The molecule has 3 rings (SSSR count). The maximum atomic E-state index is 12.6. The minimum absolute atomic E-state index is 0. The summed E-state index contributed by atoms with van der Waals surface area (Å²) in [7, 11) is 1.73. The van der Waals surface area contributed by atoms with Gasteiger partial charge in [0.25, 0.3) is 0 Å². The average molecular weight is 496 g/mol. The van der Waals surface area contributed by atoms with E-state index in [1.165, 1.54) is 44.5 Å². The van der Waals surface area contributed by atoms with Crippen LogP contribution in [-0.4, -0.2) is 50.1 Å². The van der Waals surface area contributed by atoms with E-state index < -0.39 is 11.7 Å². The molecule has 1 aliphatic carbocycles. The number of likely N-dealkylation sites (tertiary alicyclic amines) is 1. The summed E-state index contributed by atoms with van der Waals surface area (Å²) in [4.78, 5) is 6.82. The van der Waals surface area contributed by atoms with E-state index in [9.17, 15) is 13.2 Å². The summed E-state index contributed by atoms with van der Waals surface area (Å²) < 4.78 is 37.7. The van der Waals surface area contributed by atoms with Gasteiger partial charge in [0.1, 0.15) is 0 Å². The Labute approximate surface area is 176 Å². The fraction of sp³-hybridized carbons (Fsp3) is 0.632. The van der Waals surface area contributed by atoms with Gasteiger partial charge in [-0.1, -0.05) is 12.1 Å². The third kappa shape index (κ3) is 6.81. The fourth-order valence-electron chi connectivity index (χ4n) is 3.45. The van der Waals surface area contributed by atoms with Gasteiger partial charge in [0, 0.05) is 32.7 Å². The molecule has 8 heteroatoms. The second-order valence-electron chi connectivity index (χ2n) is 7.21. The highest BCUT2D eigenvalue weighted by Crippen LogP contribution is 2.31. The van der Waals surface area contributed by atoms with Gasteiger partial charge in [-0.15, -0.1) is 24.0 Å². The summed E-state index contributed by atoms with van der Waals surface area (Å²) in [5.74, 6) is 1.41. The highest BCUT2D eigenvalue weighted by Gasteiger charge is 2.34. The van der Waals surface area contributed by atoms with Gasteiger partial charge in [-0.3, -0.25) is 4.99 Å². The maximum absolute atomic E-state index is 12.6. The Morgan fingerprint density at radius 1 is 1.15 bits per heavy atom. The van der Waals surface area contributed by atoms with E-state index >= 15 is 0 Å². The van der Waals surface area contributed by atoms with Gasteiger partial charge in [-0.2, -0.15) is 13.2 Å². The first-order valence-corrected chi connectivity index (χ1v) is 9.30. The van der Waals surface area contributed by atoms with E-state index in [-0.39, 0.29) is 24.0 Å². The minimum Gasteiger partial charge on any atom is -0.356 e. The number of halogens is 4. The Kier molecular flexibility index (Phi) is 8.20. The topological polar surface area (TPSA) is 39.7 Å². The molecule has 2 aliphatic rings. The van der Waals surface area contributed by atoms with Crippen LogP contribution in [0.2, 0.25) is 0 Å². The van der Waals surface area contributed by atoms with E-state index in [0.717, 1.165) is 36.2 Å². The number of guanidine groups is 1. The molecule has 2 fully saturated rings. The third-order valence-corrected chi connectivity index (χ3v) is 5.15. The largest absolute Gasteiger partial charge is 0.416 e. The van der Waals surface area contributed by atoms with Crippen LogP contribution >= 0.6 is 24.0 Å². The van der Waals surface area contributed by atoms with Gasteiger partial charge in [-0.05, 0) is 55.8 Å². The maximum Gasteiger partial charge on any atom is 0.416 e. The third-order valence-electron chi connectivity index (χ3n) is 5.15. The lowest BCUT2D eigenvalue weighted by Gasteiger charge is -2.17. The zero-order valence-corrected chi connectivity index (χ0v) is 17.9. The number of hydrogen-bond donors (Lipinski definition) is 2. The molecule has 0 spiro atoms. The SMILES string of the molecule is CN=C(NCCc1ccc(C(F)(F)F)cc1)NCC1CCN(C2CC2)C1.I. The molecule has 0 amide bonds. The summed E-state index contributed by atoms with van der Waals surface area (Å²) in [5, 5.41) is 6.61. The van der Waals surface area contributed by atoms with Crippen LogP contribution in [0.1, 0.15) is 30.4 Å². The van der Waals surface area contributed by atoms with Crippen molar-refractivity contribution in [2.75, 3.05) is 33.2 Å². The Bertz CT molecular complexity index is 614. The van der Waals surface area contributed by atoms with Crippen molar-refractivity contribution in [3.05, 3.63) is 35.4 Å². The zero-order chi connectivity index (χ0) is 18.6. The first-order valence-electron chi connectivity index (χ1n) is 9.30. The number of benzene rings is 1. The molecular weight excluding hydrogens is 468 g/mol. The molecular formula is C19H28F3IN4. The van der Waals surface area contributed by atoms with Gasteiger partial charge >= 0.3 is 6.18 Å². The van der Waals surface area contributed by atoms with Gasteiger partial charge in [0.15, 0.2) is 5.96 Å². The van der Waals surface area contributed by atoms with Gasteiger partial charge in [-0.25, -0.2) is 0 Å². The Morgan fingerprint density at radius 3 is 2.44 bits per heavy atom. The summed E-state index contributed by atoms with van der Waals surface area (Å²) in [6.07, 6.45) is 0.308. The van der Waals surface area contributed by atoms with E-state index in [2.05, 4.69) is 20.5 Å². The Morgan fingerprint density at radius 2 is 1.85 bits per heavy atom. The minimum atomic E-state index is -4.28. The van der Waals surface area contributed by atoms with Gasteiger partial charge < -0.3 is 15.5 Å². The lowest BCUT2D eigenvalue weighted by molar-refractivity contribution is -0.137. The fourth-order valence-corrected chi connectivity index (χ4v) is 3.45. The molecule has 27 heavy (non-hydrogen) atoms. The van der Waals surface area contributed by atoms with Crippen LogP contribution in [0.4, 0.5) is 13.2 Å². The van der Waals surface area contributed by atoms with Crippen LogP contribution in [0.5, 0.6) is 0 Å². The molecule has 0 radical (unpaired) electrons.